The van der Waals surface area contributed by atoms with Crippen molar-refractivity contribution < 1.29 is 22.7 Å². The van der Waals surface area contributed by atoms with Crippen LogP contribution in [0.25, 0.3) is 22.6 Å². The zero-order valence-corrected chi connectivity index (χ0v) is 20.9. The van der Waals surface area contributed by atoms with Gasteiger partial charge in [0.05, 0.1) is 19.0 Å². The number of aromatic nitrogens is 4. The van der Waals surface area contributed by atoms with Crippen molar-refractivity contribution in [2.45, 2.75) is 33.1 Å². The van der Waals surface area contributed by atoms with Gasteiger partial charge in [-0.2, -0.15) is 0 Å². The van der Waals surface area contributed by atoms with Crippen molar-refractivity contribution in [3.8, 4) is 40.2 Å². The average molecular weight is 522 g/mol. The first kappa shape index (κ1) is 24.5. The van der Waals surface area contributed by atoms with E-state index in [9.17, 15) is 13.6 Å². The van der Waals surface area contributed by atoms with Gasteiger partial charge >= 0.3 is 0 Å². The van der Waals surface area contributed by atoms with Crippen LogP contribution in [0.15, 0.2) is 34.9 Å². The molecule has 1 amide bonds. The van der Waals surface area contributed by atoms with E-state index in [0.29, 0.717) is 28.1 Å². The highest BCUT2D eigenvalue weighted by Gasteiger charge is 2.23. The van der Waals surface area contributed by atoms with Crippen molar-refractivity contribution in [3.05, 3.63) is 58.2 Å². The quantitative estimate of drug-likeness (QED) is 0.318. The third-order valence-electron chi connectivity index (χ3n) is 5.64. The molecular formula is C26H21F2N5O3S. The Morgan fingerprint density at radius 1 is 1.22 bits per heavy atom. The lowest BCUT2D eigenvalue weighted by molar-refractivity contribution is 0.102. The highest BCUT2D eigenvalue weighted by Crippen LogP contribution is 2.37. The van der Waals surface area contributed by atoms with Crippen molar-refractivity contribution >= 4 is 22.4 Å². The van der Waals surface area contributed by atoms with Gasteiger partial charge in [0.2, 0.25) is 11.8 Å². The summed E-state index contributed by atoms with van der Waals surface area (Å²) in [7, 11) is 1.40. The molecule has 0 unspecified atom stereocenters. The molecule has 0 aliphatic heterocycles. The van der Waals surface area contributed by atoms with Crippen molar-refractivity contribution in [1.29, 1.82) is 0 Å². The Bertz CT molecular complexity index is 1550. The predicted octanol–water partition coefficient (Wildman–Crippen LogP) is 5.83. The number of alkyl halides is 2. The number of hydrogen-bond donors (Lipinski definition) is 1. The molecule has 0 spiro atoms. The van der Waals surface area contributed by atoms with Gasteiger partial charge in [-0.3, -0.25) is 15.1 Å². The largest absolute Gasteiger partial charge is 0.494 e. The van der Waals surface area contributed by atoms with Gasteiger partial charge in [-0.15, -0.1) is 10.2 Å². The molecule has 3 aromatic heterocycles. The lowest BCUT2D eigenvalue weighted by Gasteiger charge is -2.15. The fourth-order valence-corrected chi connectivity index (χ4v) is 4.41. The van der Waals surface area contributed by atoms with E-state index >= 15 is 0 Å². The molecule has 1 saturated carbocycles. The lowest BCUT2D eigenvalue weighted by atomic mass is 9.96. The van der Waals surface area contributed by atoms with Crippen LogP contribution in [0, 0.1) is 31.6 Å². The molecule has 0 radical (unpaired) electrons. The van der Waals surface area contributed by atoms with Crippen LogP contribution in [0.5, 0.6) is 5.75 Å². The van der Waals surface area contributed by atoms with Gasteiger partial charge in [0.1, 0.15) is 16.3 Å². The topological polar surface area (TPSA) is 103 Å². The number of hydrogen-bond acceptors (Lipinski definition) is 8. The molecule has 188 valence electrons. The number of thiazole rings is 1. The molecule has 0 bridgehead atoms. The molecule has 0 saturated heterocycles. The predicted molar refractivity (Wildman–Crippen MR) is 134 cm³/mol. The summed E-state index contributed by atoms with van der Waals surface area (Å²) in [5.41, 5.74) is 1.59. The number of carbonyl (C=O) groups is 1. The Balaban J connectivity index is 1.56. The van der Waals surface area contributed by atoms with Crippen molar-refractivity contribution in [2.75, 3.05) is 12.4 Å². The van der Waals surface area contributed by atoms with Crippen molar-refractivity contribution in [2.24, 2.45) is 5.92 Å². The van der Waals surface area contributed by atoms with Gasteiger partial charge in [-0.25, -0.2) is 13.8 Å². The van der Waals surface area contributed by atoms with E-state index < -0.39 is 18.0 Å². The van der Waals surface area contributed by atoms with E-state index in [2.05, 4.69) is 37.3 Å². The number of benzene rings is 1. The Hall–Kier alpha value is -4.17. The van der Waals surface area contributed by atoms with E-state index in [1.165, 1.54) is 30.7 Å². The number of amides is 1. The number of pyridine rings is 1. The minimum Gasteiger partial charge on any atom is -0.494 e. The fraction of sp³-hybridized carbons (Fsp3) is 0.269. The normalized spacial score (nSPS) is 12.8. The number of nitrogens with zero attached hydrogens (tertiary/aromatic N) is 4. The number of anilines is 1. The number of methoxy groups -OCH3 is 1. The molecule has 1 aromatic carbocycles. The van der Waals surface area contributed by atoms with Gasteiger partial charge in [-0.05, 0) is 49.6 Å². The molecule has 37 heavy (non-hydrogen) atoms. The lowest BCUT2D eigenvalue weighted by Crippen LogP contribution is -2.13. The summed E-state index contributed by atoms with van der Waals surface area (Å²) < 4.78 is 37.9. The van der Waals surface area contributed by atoms with Crippen molar-refractivity contribution in [1.82, 2.24) is 20.2 Å². The first-order chi connectivity index (χ1) is 17.8. The third-order valence-corrected chi connectivity index (χ3v) is 6.63. The molecular weight excluding hydrogens is 500 g/mol. The smallest absolute Gasteiger partial charge is 0.280 e. The highest BCUT2D eigenvalue weighted by atomic mass is 32.1. The average Bonchev–Trinajstić information content (AvgIpc) is 3.52. The monoisotopic (exact) mass is 521 g/mol. The molecule has 8 nitrogen and oxygen atoms in total. The Kier molecular flexibility index (Phi) is 6.67. The number of rotatable bonds is 6. The SMILES string of the molecule is COc1cnc(C(F)F)cc1-c1cc(-c2nnc(C)o2)ccc1C(=O)Nc1nc(C)c(C#CC2CC2)s1. The molecule has 1 aliphatic carbocycles. The van der Waals surface area contributed by atoms with Crippen LogP contribution < -0.4 is 10.1 Å². The maximum atomic E-state index is 13.5. The molecule has 3 heterocycles. The van der Waals surface area contributed by atoms with Crippen LogP contribution in [-0.2, 0) is 0 Å². The summed E-state index contributed by atoms with van der Waals surface area (Å²) >= 11 is 1.29. The molecule has 11 heteroatoms. The standard InChI is InChI=1S/C26H21F2N5O3S/c1-13-22(9-6-15-4-5-15)37-26(30-13)31-24(34)17-8-7-16(25-33-32-14(2)36-25)10-18(17)19-11-20(23(27)28)29-12-21(19)35-3/h7-8,10-12,15,23H,4-5H2,1-3H3,(H,30,31,34). The number of aryl methyl sites for hydroxylation is 2. The van der Waals surface area contributed by atoms with Crippen LogP contribution >= 0.6 is 11.3 Å². The van der Waals surface area contributed by atoms with Gasteiger partial charge < -0.3 is 9.15 Å². The van der Waals surface area contributed by atoms with Crippen LogP contribution in [0.3, 0.4) is 0 Å². The second-order valence-electron chi connectivity index (χ2n) is 8.43. The summed E-state index contributed by atoms with van der Waals surface area (Å²) in [4.78, 5) is 22.4. The Labute approximate surface area is 215 Å². The highest BCUT2D eigenvalue weighted by molar-refractivity contribution is 7.16. The zero-order valence-electron chi connectivity index (χ0n) is 20.1. The molecule has 4 aromatic rings. The number of halogens is 2. The van der Waals surface area contributed by atoms with Crippen LogP contribution in [0.2, 0.25) is 0 Å². The maximum absolute atomic E-state index is 13.5. The molecule has 0 atom stereocenters. The van der Waals surface area contributed by atoms with Crippen LogP contribution in [0.1, 0.15) is 51.8 Å². The minimum atomic E-state index is -2.81. The molecule has 1 N–H and O–H groups in total. The Morgan fingerprint density at radius 2 is 2.03 bits per heavy atom. The molecule has 1 fully saturated rings. The number of nitrogens with one attached hydrogen (secondary N) is 1. The second-order valence-corrected chi connectivity index (χ2v) is 9.43. The number of carbonyl (C=O) groups excluding carboxylic acids is 1. The fourth-order valence-electron chi connectivity index (χ4n) is 3.59. The van der Waals surface area contributed by atoms with Crippen LogP contribution in [-0.4, -0.2) is 33.2 Å². The minimum absolute atomic E-state index is 0.211. The number of ether oxygens (including phenoxy) is 1. The van der Waals surface area contributed by atoms with Gasteiger partial charge in [0.15, 0.2) is 5.13 Å². The summed E-state index contributed by atoms with van der Waals surface area (Å²) in [6.45, 7) is 3.49. The second kappa shape index (κ2) is 10.1. The maximum Gasteiger partial charge on any atom is 0.280 e. The summed E-state index contributed by atoms with van der Waals surface area (Å²) in [5.74, 6) is 7.11. The molecule has 5 rings (SSSR count). The zero-order chi connectivity index (χ0) is 26.1. The van der Waals surface area contributed by atoms with Gasteiger partial charge in [0, 0.05) is 29.5 Å². The van der Waals surface area contributed by atoms with Gasteiger partial charge in [0.25, 0.3) is 12.3 Å². The summed E-state index contributed by atoms with van der Waals surface area (Å²) in [6.07, 6.45) is 0.624. The van der Waals surface area contributed by atoms with E-state index in [0.717, 1.165) is 23.4 Å². The summed E-state index contributed by atoms with van der Waals surface area (Å²) in [5, 5.41) is 11.1. The van der Waals surface area contributed by atoms with E-state index in [1.54, 1.807) is 25.1 Å². The van der Waals surface area contributed by atoms with Crippen LogP contribution in [0.4, 0.5) is 13.9 Å². The molecule has 1 aliphatic rings. The first-order valence-electron chi connectivity index (χ1n) is 11.4. The third kappa shape index (κ3) is 5.34. The van der Waals surface area contributed by atoms with Gasteiger partial charge in [-0.1, -0.05) is 23.2 Å². The first-order valence-corrected chi connectivity index (χ1v) is 12.2. The van der Waals surface area contributed by atoms with Crippen molar-refractivity contribution in [3.63, 3.8) is 0 Å². The van der Waals surface area contributed by atoms with E-state index in [4.69, 9.17) is 9.15 Å². The van der Waals surface area contributed by atoms with E-state index in [1.807, 2.05) is 6.92 Å². The summed E-state index contributed by atoms with van der Waals surface area (Å²) in [6, 6.07) is 6.04. The van der Waals surface area contributed by atoms with E-state index in [-0.39, 0.29) is 22.8 Å². The Morgan fingerprint density at radius 3 is 2.70 bits per heavy atom.